The number of hydrogen-bond donors (Lipinski definition) is 1. The molecule has 1 aliphatic carbocycles. The average Bonchev–Trinajstić information content (AvgIpc) is 3.41. The van der Waals surface area contributed by atoms with Gasteiger partial charge in [0, 0.05) is 24.1 Å². The average molecular weight is 500 g/mol. The maximum atomic E-state index is 12.8. The number of nitrogens with one attached hydrogen (secondary N) is 1. The highest BCUT2D eigenvalue weighted by molar-refractivity contribution is 7.19. The maximum Gasteiger partial charge on any atom is 0.255 e. The summed E-state index contributed by atoms with van der Waals surface area (Å²) < 4.78 is 31.6. The smallest absolute Gasteiger partial charge is 0.255 e. The molecule has 0 unspecified atom stereocenters. The monoisotopic (exact) mass is 499 g/mol. The molecule has 3 heterocycles. The van der Waals surface area contributed by atoms with Gasteiger partial charge in [0.2, 0.25) is 5.91 Å². The minimum atomic E-state index is -2.54. The van der Waals surface area contributed by atoms with E-state index in [2.05, 4.69) is 20.3 Å². The molecular weight excluding hydrogens is 472 g/mol. The molecule has 0 fully saturated rings. The van der Waals surface area contributed by atoms with Gasteiger partial charge in [-0.25, -0.2) is 18.7 Å². The number of alkyl halides is 2. The number of benzene rings is 1. The zero-order valence-corrected chi connectivity index (χ0v) is 20.7. The first-order chi connectivity index (χ1) is 16.8. The summed E-state index contributed by atoms with van der Waals surface area (Å²) in [7, 11) is 1.45. The van der Waals surface area contributed by atoms with Gasteiger partial charge in [-0.1, -0.05) is 0 Å². The predicted octanol–water partition coefficient (Wildman–Crippen LogP) is 4.98. The van der Waals surface area contributed by atoms with Crippen molar-refractivity contribution in [3.05, 3.63) is 40.0 Å². The van der Waals surface area contributed by atoms with Crippen LogP contribution in [-0.4, -0.2) is 53.1 Å². The van der Waals surface area contributed by atoms with Gasteiger partial charge in [0.15, 0.2) is 0 Å². The number of hydrogen-bond acceptors (Lipinski definition) is 7. The Morgan fingerprint density at radius 2 is 2.14 bits per heavy atom. The van der Waals surface area contributed by atoms with Crippen molar-refractivity contribution in [3.8, 4) is 5.75 Å². The van der Waals surface area contributed by atoms with E-state index in [0.717, 1.165) is 48.1 Å². The molecule has 0 radical (unpaired) electrons. The molecule has 1 amide bonds. The number of anilines is 2. The number of fused-ring (bicyclic) bond motifs is 4. The molecule has 0 spiro atoms. The van der Waals surface area contributed by atoms with Crippen LogP contribution in [0.3, 0.4) is 0 Å². The summed E-state index contributed by atoms with van der Waals surface area (Å²) in [4.78, 5) is 29.2. The highest BCUT2D eigenvalue weighted by Gasteiger charge is 2.31. The van der Waals surface area contributed by atoms with Gasteiger partial charge >= 0.3 is 0 Å². The zero-order valence-electron chi connectivity index (χ0n) is 19.8. The van der Waals surface area contributed by atoms with Crippen LogP contribution in [0.5, 0.6) is 5.75 Å². The molecule has 7 nitrogen and oxygen atoms in total. The van der Waals surface area contributed by atoms with Crippen molar-refractivity contribution in [2.24, 2.45) is 10.9 Å². The van der Waals surface area contributed by atoms with Crippen LogP contribution in [0.1, 0.15) is 41.8 Å². The molecule has 2 aromatic heterocycles. The Bertz CT molecular complexity index is 1310. The zero-order chi connectivity index (χ0) is 24.7. The van der Waals surface area contributed by atoms with E-state index < -0.39 is 13.0 Å². The highest BCUT2D eigenvalue weighted by Crippen LogP contribution is 2.42. The fourth-order valence-corrected chi connectivity index (χ4v) is 6.01. The molecule has 184 valence electrons. The normalized spacial score (nSPS) is 16.6. The van der Waals surface area contributed by atoms with Crippen LogP contribution in [0.25, 0.3) is 10.2 Å². The topological polar surface area (TPSA) is 79.7 Å². The maximum absolute atomic E-state index is 12.8. The van der Waals surface area contributed by atoms with Crippen molar-refractivity contribution in [1.29, 1.82) is 0 Å². The molecule has 5 rings (SSSR count). The Labute approximate surface area is 206 Å². The minimum Gasteiger partial charge on any atom is -0.489 e. The number of aliphatic imine (C=N–C) groups is 1. The van der Waals surface area contributed by atoms with Gasteiger partial charge in [-0.05, 0) is 61.9 Å². The lowest BCUT2D eigenvalue weighted by Crippen LogP contribution is -2.38. The molecule has 1 N–H and O–H groups in total. The van der Waals surface area contributed by atoms with E-state index in [9.17, 15) is 13.6 Å². The highest BCUT2D eigenvalue weighted by atomic mass is 32.1. The molecular formula is C25H27F2N5O2S. The molecule has 1 aromatic carbocycles. The first-order valence-corrected chi connectivity index (χ1v) is 12.5. The van der Waals surface area contributed by atoms with Gasteiger partial charge in [-0.3, -0.25) is 9.79 Å². The third-order valence-corrected chi connectivity index (χ3v) is 7.49. The van der Waals surface area contributed by atoms with Crippen molar-refractivity contribution in [2.75, 3.05) is 18.9 Å². The van der Waals surface area contributed by atoms with E-state index in [1.807, 2.05) is 32.2 Å². The molecule has 0 bridgehead atoms. The van der Waals surface area contributed by atoms with Gasteiger partial charge in [-0.15, -0.1) is 11.3 Å². The number of carbonyl (C=O) groups excluding carboxylic acids is 1. The number of amides is 1. The standard InChI is InChI=1S/C25H27F2N5O2S/c1-13(2)34-19-7-16-10-28-9-15(16)6-18(19)31-23-22-17-5-4-14(25(33)32(3)11-21(26)27)8-20(17)35-24(22)30-12-29-23/h6-7,9,12-14,21H,4-5,8,10-11H2,1-3H3,(H,29,30,31)/t14-/m1/s1. The summed E-state index contributed by atoms with van der Waals surface area (Å²) in [6.45, 7) is 4.08. The Hall–Kier alpha value is -3.14. The number of rotatable bonds is 7. The molecule has 2 aliphatic rings. The number of carbonyl (C=O) groups is 1. The largest absolute Gasteiger partial charge is 0.489 e. The number of thiophene rings is 1. The lowest BCUT2D eigenvalue weighted by atomic mass is 9.87. The van der Waals surface area contributed by atoms with Crippen molar-refractivity contribution >= 4 is 45.2 Å². The first kappa shape index (κ1) is 23.6. The molecule has 1 atom stereocenters. The van der Waals surface area contributed by atoms with E-state index in [1.54, 1.807) is 11.3 Å². The number of aryl methyl sites for hydroxylation is 1. The van der Waals surface area contributed by atoms with Crippen molar-refractivity contribution in [2.45, 2.75) is 52.2 Å². The quantitative estimate of drug-likeness (QED) is 0.496. The predicted molar refractivity (Wildman–Crippen MR) is 133 cm³/mol. The Morgan fingerprint density at radius 1 is 1.31 bits per heavy atom. The Balaban J connectivity index is 1.46. The van der Waals surface area contributed by atoms with E-state index in [0.29, 0.717) is 31.6 Å². The van der Waals surface area contributed by atoms with Crippen LogP contribution in [0.2, 0.25) is 0 Å². The van der Waals surface area contributed by atoms with Crippen molar-refractivity contribution in [3.63, 3.8) is 0 Å². The van der Waals surface area contributed by atoms with E-state index >= 15 is 0 Å². The number of ether oxygens (including phenoxy) is 1. The Morgan fingerprint density at radius 3 is 2.91 bits per heavy atom. The van der Waals surface area contributed by atoms with Crippen molar-refractivity contribution in [1.82, 2.24) is 14.9 Å². The van der Waals surface area contributed by atoms with E-state index in [4.69, 9.17) is 4.74 Å². The molecule has 35 heavy (non-hydrogen) atoms. The fraction of sp³-hybridized carbons (Fsp3) is 0.440. The van der Waals surface area contributed by atoms with E-state index in [1.165, 1.54) is 13.4 Å². The molecule has 1 aliphatic heterocycles. The molecule has 0 saturated heterocycles. The summed E-state index contributed by atoms with van der Waals surface area (Å²) in [6.07, 6.45) is 2.67. The summed E-state index contributed by atoms with van der Waals surface area (Å²) in [5.41, 5.74) is 4.11. The summed E-state index contributed by atoms with van der Waals surface area (Å²) in [6, 6.07) is 4.06. The lowest BCUT2D eigenvalue weighted by molar-refractivity contribution is -0.136. The third kappa shape index (κ3) is 4.71. The van der Waals surface area contributed by atoms with Crippen LogP contribution >= 0.6 is 11.3 Å². The molecule has 0 saturated carbocycles. The van der Waals surface area contributed by atoms with Gasteiger partial charge < -0.3 is 15.0 Å². The minimum absolute atomic E-state index is 0.00733. The SMILES string of the molecule is CC(C)Oc1cc2c(cc1Nc1ncnc3sc4c(c13)CC[C@@H](C(=O)N(C)CC(F)F)C4)C=NC2. The van der Waals surface area contributed by atoms with Crippen LogP contribution < -0.4 is 10.1 Å². The van der Waals surface area contributed by atoms with Gasteiger partial charge in [0.1, 0.15) is 22.7 Å². The number of halogens is 2. The van der Waals surface area contributed by atoms with E-state index in [-0.39, 0.29) is 17.9 Å². The molecule has 3 aromatic rings. The summed E-state index contributed by atoms with van der Waals surface area (Å²) >= 11 is 1.54. The molecule has 10 heteroatoms. The van der Waals surface area contributed by atoms with Crippen LogP contribution in [0.15, 0.2) is 23.5 Å². The number of aromatic nitrogens is 2. The fourth-order valence-electron chi connectivity index (χ4n) is 4.74. The third-order valence-electron chi connectivity index (χ3n) is 6.33. The number of nitrogens with zero attached hydrogens (tertiary/aromatic N) is 4. The van der Waals surface area contributed by atoms with Crippen LogP contribution in [0, 0.1) is 5.92 Å². The second kappa shape index (κ2) is 9.49. The summed E-state index contributed by atoms with van der Waals surface area (Å²) in [5, 5.41) is 4.42. The second-order valence-corrected chi connectivity index (χ2v) is 10.3. The van der Waals surface area contributed by atoms with Gasteiger partial charge in [0.05, 0.1) is 30.3 Å². The second-order valence-electron chi connectivity index (χ2n) is 9.26. The van der Waals surface area contributed by atoms with Crippen LogP contribution in [-0.2, 0) is 24.2 Å². The van der Waals surface area contributed by atoms with Crippen LogP contribution in [0.4, 0.5) is 20.3 Å². The summed E-state index contributed by atoms with van der Waals surface area (Å²) in [5.74, 6) is 0.905. The lowest BCUT2D eigenvalue weighted by Gasteiger charge is -2.26. The van der Waals surface area contributed by atoms with Gasteiger partial charge in [0.25, 0.3) is 6.43 Å². The Kier molecular flexibility index (Phi) is 6.39. The van der Waals surface area contributed by atoms with Gasteiger partial charge in [-0.2, -0.15) is 0 Å². The van der Waals surface area contributed by atoms with Crippen molar-refractivity contribution < 1.29 is 18.3 Å². The first-order valence-electron chi connectivity index (χ1n) is 11.7.